The van der Waals surface area contributed by atoms with Crippen molar-refractivity contribution < 1.29 is 18.1 Å². The maximum atomic E-state index is 11.4. The molecule has 1 aromatic carbocycles. The molecule has 1 aromatic rings. The van der Waals surface area contributed by atoms with Crippen LogP contribution >= 0.6 is 0 Å². The number of phenolic OH excluding ortho intramolecular Hbond substituents is 1. The van der Waals surface area contributed by atoms with Crippen molar-refractivity contribution in [3.05, 3.63) is 23.8 Å². The number of hydrogen-bond donors (Lipinski definition) is 2. The second-order valence-corrected chi connectivity index (χ2v) is 9.00. The summed E-state index contributed by atoms with van der Waals surface area (Å²) >= 11 is 0. The lowest BCUT2D eigenvalue weighted by molar-refractivity contribution is 0.470. The first kappa shape index (κ1) is 24.0. The molecule has 27 heavy (non-hydrogen) atoms. The minimum atomic E-state index is -4.23. The number of hydrogen-bond acceptors (Lipinski definition) is 3. The number of aromatic hydroxyl groups is 1. The summed E-state index contributed by atoms with van der Waals surface area (Å²) in [7, 11) is -4.23. The fraction of sp³-hybridized carbons (Fsp3) is 0.727. The van der Waals surface area contributed by atoms with E-state index in [9.17, 15) is 18.1 Å². The van der Waals surface area contributed by atoms with Crippen LogP contribution in [0.15, 0.2) is 23.1 Å². The Morgan fingerprint density at radius 2 is 1.19 bits per heavy atom. The SMILES string of the molecule is CCCCCCCCCCCCCCCCc1cc(O)ccc1S(=O)(=O)O. The topological polar surface area (TPSA) is 74.6 Å². The number of rotatable bonds is 16. The molecule has 0 aliphatic heterocycles. The molecule has 0 fully saturated rings. The highest BCUT2D eigenvalue weighted by Crippen LogP contribution is 2.23. The van der Waals surface area contributed by atoms with E-state index in [0.29, 0.717) is 12.0 Å². The van der Waals surface area contributed by atoms with Crippen molar-refractivity contribution in [2.45, 2.75) is 108 Å². The van der Waals surface area contributed by atoms with Gasteiger partial charge in [0.25, 0.3) is 10.1 Å². The van der Waals surface area contributed by atoms with E-state index in [1.54, 1.807) is 0 Å². The van der Waals surface area contributed by atoms with Crippen LogP contribution in [0.1, 0.15) is 102 Å². The van der Waals surface area contributed by atoms with Crippen molar-refractivity contribution in [1.82, 2.24) is 0 Å². The maximum Gasteiger partial charge on any atom is 0.294 e. The van der Waals surface area contributed by atoms with Crippen LogP contribution < -0.4 is 0 Å². The van der Waals surface area contributed by atoms with Gasteiger partial charge < -0.3 is 5.11 Å². The molecular weight excluding hydrogens is 360 g/mol. The fourth-order valence-electron chi connectivity index (χ4n) is 3.52. The van der Waals surface area contributed by atoms with Gasteiger partial charge in [0.05, 0.1) is 4.90 Å². The van der Waals surface area contributed by atoms with Gasteiger partial charge in [-0.25, -0.2) is 0 Å². The van der Waals surface area contributed by atoms with E-state index >= 15 is 0 Å². The quantitative estimate of drug-likeness (QED) is 0.241. The van der Waals surface area contributed by atoms with Crippen LogP contribution in [0, 0.1) is 0 Å². The predicted octanol–water partition coefficient (Wildman–Crippen LogP) is 6.66. The second kappa shape index (κ2) is 14.0. The third kappa shape index (κ3) is 11.4. The molecule has 0 aliphatic carbocycles. The van der Waals surface area contributed by atoms with Gasteiger partial charge in [-0.05, 0) is 36.6 Å². The fourth-order valence-corrected chi connectivity index (χ4v) is 4.26. The van der Waals surface area contributed by atoms with Crippen molar-refractivity contribution in [2.24, 2.45) is 0 Å². The number of benzene rings is 1. The third-order valence-electron chi connectivity index (χ3n) is 5.12. The summed E-state index contributed by atoms with van der Waals surface area (Å²) in [5.74, 6) is 0.0303. The van der Waals surface area contributed by atoms with Gasteiger partial charge in [-0.1, -0.05) is 90.4 Å². The Balaban J connectivity index is 2.05. The molecule has 0 aliphatic rings. The zero-order valence-corrected chi connectivity index (χ0v) is 17.8. The summed E-state index contributed by atoms with van der Waals surface area (Å²) in [6.07, 6.45) is 18.4. The zero-order chi connectivity index (χ0) is 20.0. The van der Waals surface area contributed by atoms with Gasteiger partial charge in [0.2, 0.25) is 0 Å². The van der Waals surface area contributed by atoms with Gasteiger partial charge in [0.1, 0.15) is 5.75 Å². The first-order chi connectivity index (χ1) is 12.9. The van der Waals surface area contributed by atoms with E-state index in [0.717, 1.165) is 19.3 Å². The predicted molar refractivity (Wildman–Crippen MR) is 112 cm³/mol. The standard InChI is InChI=1S/C22H38O4S/c1-2-3-4-5-6-7-8-9-10-11-12-13-14-15-16-20-19-21(23)17-18-22(20)27(24,25)26/h17-19,23H,2-16H2,1H3,(H,24,25,26). The van der Waals surface area contributed by atoms with E-state index in [2.05, 4.69) is 6.92 Å². The Morgan fingerprint density at radius 3 is 1.63 bits per heavy atom. The summed E-state index contributed by atoms with van der Waals surface area (Å²) in [6, 6.07) is 3.99. The number of unbranched alkanes of at least 4 members (excludes halogenated alkanes) is 13. The Bertz CT molecular complexity index is 611. The highest BCUT2D eigenvalue weighted by Gasteiger charge is 2.15. The van der Waals surface area contributed by atoms with Crippen LogP contribution in [0.5, 0.6) is 5.75 Å². The first-order valence-corrected chi connectivity index (χ1v) is 12.2. The molecule has 0 heterocycles. The van der Waals surface area contributed by atoms with E-state index < -0.39 is 10.1 Å². The normalized spacial score (nSPS) is 11.8. The Hall–Kier alpha value is -1.07. The lowest BCUT2D eigenvalue weighted by Gasteiger charge is -2.08. The molecule has 0 atom stereocenters. The van der Waals surface area contributed by atoms with E-state index in [4.69, 9.17) is 0 Å². The average molecular weight is 399 g/mol. The molecule has 0 radical (unpaired) electrons. The number of aryl methyl sites for hydroxylation is 1. The molecule has 1 rings (SSSR count). The molecular formula is C22H38O4S. The summed E-state index contributed by atoms with van der Waals surface area (Å²) < 4.78 is 32.0. The molecule has 156 valence electrons. The number of phenols is 1. The van der Waals surface area contributed by atoms with E-state index in [1.807, 2.05) is 0 Å². The van der Waals surface area contributed by atoms with Gasteiger partial charge in [-0.15, -0.1) is 0 Å². The lowest BCUT2D eigenvalue weighted by atomic mass is 10.0. The van der Waals surface area contributed by atoms with Crippen LogP contribution in [0.25, 0.3) is 0 Å². The molecule has 4 nitrogen and oxygen atoms in total. The smallest absolute Gasteiger partial charge is 0.294 e. The highest BCUT2D eigenvalue weighted by molar-refractivity contribution is 7.85. The van der Waals surface area contributed by atoms with E-state index in [-0.39, 0.29) is 10.6 Å². The van der Waals surface area contributed by atoms with E-state index in [1.165, 1.54) is 88.8 Å². The summed E-state index contributed by atoms with van der Waals surface area (Å²) in [4.78, 5) is -0.0880. The van der Waals surface area contributed by atoms with Gasteiger partial charge >= 0.3 is 0 Å². The molecule has 0 aromatic heterocycles. The van der Waals surface area contributed by atoms with Gasteiger partial charge in [0, 0.05) is 0 Å². The largest absolute Gasteiger partial charge is 0.508 e. The third-order valence-corrected chi connectivity index (χ3v) is 6.08. The summed E-state index contributed by atoms with van der Waals surface area (Å²) in [5, 5.41) is 9.54. The second-order valence-electron chi connectivity index (χ2n) is 7.61. The monoisotopic (exact) mass is 398 g/mol. The van der Waals surface area contributed by atoms with Crippen molar-refractivity contribution in [2.75, 3.05) is 0 Å². The van der Waals surface area contributed by atoms with Crippen LogP contribution in [0.3, 0.4) is 0 Å². The van der Waals surface area contributed by atoms with Crippen LogP contribution in [-0.2, 0) is 16.5 Å². The highest BCUT2D eigenvalue weighted by atomic mass is 32.2. The van der Waals surface area contributed by atoms with Gasteiger partial charge in [-0.3, -0.25) is 4.55 Å². The van der Waals surface area contributed by atoms with Crippen molar-refractivity contribution in [1.29, 1.82) is 0 Å². The van der Waals surface area contributed by atoms with Crippen LogP contribution in [0.4, 0.5) is 0 Å². The molecule has 5 heteroatoms. The zero-order valence-electron chi connectivity index (χ0n) is 17.0. The summed E-state index contributed by atoms with van der Waals surface area (Å²) in [6.45, 7) is 2.25. The minimum absolute atomic E-state index is 0.0303. The molecule has 0 bridgehead atoms. The first-order valence-electron chi connectivity index (χ1n) is 10.7. The van der Waals surface area contributed by atoms with Crippen molar-refractivity contribution in [3.63, 3.8) is 0 Å². The van der Waals surface area contributed by atoms with Gasteiger partial charge in [-0.2, -0.15) is 8.42 Å². The Kier molecular flexibility index (Phi) is 12.4. The maximum absolute atomic E-state index is 11.4. The molecule has 0 saturated carbocycles. The molecule has 0 saturated heterocycles. The molecule has 0 spiro atoms. The van der Waals surface area contributed by atoms with Crippen LogP contribution in [-0.4, -0.2) is 18.1 Å². The minimum Gasteiger partial charge on any atom is -0.508 e. The lowest BCUT2D eigenvalue weighted by Crippen LogP contribution is -2.03. The van der Waals surface area contributed by atoms with Crippen molar-refractivity contribution >= 4 is 10.1 Å². The molecule has 0 unspecified atom stereocenters. The van der Waals surface area contributed by atoms with Crippen LogP contribution in [0.2, 0.25) is 0 Å². The Morgan fingerprint density at radius 1 is 0.741 bits per heavy atom. The molecule has 2 N–H and O–H groups in total. The average Bonchev–Trinajstić information content (AvgIpc) is 2.61. The van der Waals surface area contributed by atoms with Crippen molar-refractivity contribution in [3.8, 4) is 5.75 Å². The molecule has 0 amide bonds. The van der Waals surface area contributed by atoms with Gasteiger partial charge in [0.15, 0.2) is 0 Å². The Labute approximate surface area is 166 Å². The summed E-state index contributed by atoms with van der Waals surface area (Å²) in [5.41, 5.74) is 0.497.